The van der Waals surface area contributed by atoms with Crippen molar-refractivity contribution in [2.45, 2.75) is 5.76 Å². The van der Waals surface area contributed by atoms with Gasteiger partial charge in [0.2, 0.25) is 0 Å². The van der Waals surface area contributed by atoms with Crippen molar-refractivity contribution in [3.8, 4) is 0 Å². The maximum absolute atomic E-state index is 10.8. The van der Waals surface area contributed by atoms with Crippen LogP contribution in [0.1, 0.15) is 0 Å². The van der Waals surface area contributed by atoms with Crippen molar-refractivity contribution in [3.63, 3.8) is 0 Å². The normalized spacial score (nSPS) is 11.0. The van der Waals surface area contributed by atoms with Gasteiger partial charge in [-0.3, -0.25) is 0 Å². The van der Waals surface area contributed by atoms with Crippen LogP contribution in [0.25, 0.3) is 0 Å². The fourth-order valence-corrected chi connectivity index (χ4v) is 0. The van der Waals surface area contributed by atoms with Crippen molar-refractivity contribution >= 4 is 61.4 Å². The molecule has 0 aromatic heterocycles. The average Bonchev–Trinajstić information content (AvgIpc) is 1.31. The van der Waals surface area contributed by atoms with Gasteiger partial charge in [-0.25, -0.2) is 13.6 Å². The molecule has 0 saturated heterocycles. The molecular formula is CH4F2KNO2S. The molecule has 0 atom stereocenters. The van der Waals surface area contributed by atoms with E-state index in [0.29, 0.717) is 0 Å². The van der Waals surface area contributed by atoms with Crippen molar-refractivity contribution < 1.29 is 17.2 Å². The van der Waals surface area contributed by atoms with Crippen LogP contribution in [0.15, 0.2) is 0 Å². The van der Waals surface area contributed by atoms with E-state index in [1.807, 2.05) is 0 Å². The first kappa shape index (κ1) is 12.1. The summed E-state index contributed by atoms with van der Waals surface area (Å²) < 4.78 is 40.4. The van der Waals surface area contributed by atoms with Gasteiger partial charge in [0.05, 0.1) is 0 Å². The molecule has 46 valence electrons. The number of hydrogen-bond acceptors (Lipinski definition) is 2. The monoisotopic (exact) mass is 171 g/mol. The van der Waals surface area contributed by atoms with E-state index in [-0.39, 0.29) is 51.4 Å². The van der Waals surface area contributed by atoms with Gasteiger partial charge in [-0.2, -0.15) is 8.78 Å². The quantitative estimate of drug-likeness (QED) is 0.506. The Balaban J connectivity index is 0. The van der Waals surface area contributed by atoms with Crippen molar-refractivity contribution in [1.82, 2.24) is 0 Å². The Bertz CT molecular complexity index is 142. The summed E-state index contributed by atoms with van der Waals surface area (Å²) in [6.45, 7) is 0. The number of sulfonamides is 1. The molecule has 0 spiro atoms. The second kappa shape index (κ2) is 4.26. The van der Waals surface area contributed by atoms with Crippen LogP contribution in [-0.4, -0.2) is 65.6 Å². The van der Waals surface area contributed by atoms with Crippen molar-refractivity contribution in [2.24, 2.45) is 5.14 Å². The summed E-state index contributed by atoms with van der Waals surface area (Å²) in [5.74, 6) is -3.45. The number of halogens is 2. The van der Waals surface area contributed by atoms with Gasteiger partial charge in [0.25, 0.3) is 10.0 Å². The summed E-state index contributed by atoms with van der Waals surface area (Å²) in [4.78, 5) is 0. The van der Waals surface area contributed by atoms with Crippen molar-refractivity contribution in [2.75, 3.05) is 0 Å². The molecule has 0 unspecified atom stereocenters. The van der Waals surface area contributed by atoms with Gasteiger partial charge in [-0.15, -0.1) is 0 Å². The van der Waals surface area contributed by atoms with E-state index in [2.05, 4.69) is 5.14 Å². The summed E-state index contributed by atoms with van der Waals surface area (Å²) in [7, 11) is -4.57. The van der Waals surface area contributed by atoms with Gasteiger partial charge in [0.15, 0.2) is 0 Å². The molecule has 0 radical (unpaired) electrons. The molecule has 0 aliphatic carbocycles. The first-order chi connectivity index (χ1) is 2.94. The van der Waals surface area contributed by atoms with Crippen molar-refractivity contribution in [3.05, 3.63) is 0 Å². The predicted octanol–water partition coefficient (Wildman–Crippen LogP) is -1.15. The summed E-state index contributed by atoms with van der Waals surface area (Å²) >= 11 is 0. The van der Waals surface area contributed by atoms with Crippen LogP contribution in [0.5, 0.6) is 0 Å². The molecule has 0 aromatic rings. The fourth-order valence-electron chi connectivity index (χ4n) is 0. The molecule has 0 aromatic carbocycles. The Labute approximate surface area is 88.1 Å². The van der Waals surface area contributed by atoms with Gasteiger partial charge in [0, 0.05) is 0 Å². The average molecular weight is 171 g/mol. The van der Waals surface area contributed by atoms with Crippen LogP contribution < -0.4 is 5.14 Å². The summed E-state index contributed by atoms with van der Waals surface area (Å²) in [6, 6.07) is 0. The molecule has 0 bridgehead atoms. The van der Waals surface area contributed by atoms with E-state index in [1.165, 1.54) is 0 Å². The SMILES string of the molecule is NS(=O)(=O)C(F)F.[KH]. The Morgan fingerprint density at radius 2 is 1.50 bits per heavy atom. The van der Waals surface area contributed by atoms with Crippen LogP contribution in [0.3, 0.4) is 0 Å². The van der Waals surface area contributed by atoms with E-state index < -0.39 is 15.8 Å². The molecule has 0 rings (SSSR count). The minimum absolute atomic E-state index is 0. The van der Waals surface area contributed by atoms with E-state index in [9.17, 15) is 17.2 Å². The van der Waals surface area contributed by atoms with Gasteiger partial charge in [-0.1, -0.05) is 0 Å². The Kier molecular flexibility index (Phi) is 6.45. The van der Waals surface area contributed by atoms with Gasteiger partial charge < -0.3 is 0 Å². The molecule has 8 heavy (non-hydrogen) atoms. The molecule has 0 fully saturated rings. The van der Waals surface area contributed by atoms with Gasteiger partial charge in [0.1, 0.15) is 0 Å². The van der Waals surface area contributed by atoms with Gasteiger partial charge >= 0.3 is 57.1 Å². The number of nitrogens with two attached hydrogens (primary N) is 1. The summed E-state index contributed by atoms with van der Waals surface area (Å²) in [5.41, 5.74) is 0. The fraction of sp³-hybridized carbons (Fsp3) is 1.00. The Hall–Kier alpha value is 1.41. The molecule has 3 nitrogen and oxygen atoms in total. The minimum atomic E-state index is -4.57. The van der Waals surface area contributed by atoms with E-state index in [4.69, 9.17) is 0 Å². The molecule has 0 saturated carbocycles. The third-order valence-corrected chi connectivity index (χ3v) is 0.745. The Morgan fingerprint density at radius 1 is 1.38 bits per heavy atom. The number of hydrogen-bond donors (Lipinski definition) is 1. The third-order valence-electron chi connectivity index (χ3n) is 0.248. The number of alkyl halides is 2. The molecule has 0 aliphatic heterocycles. The summed E-state index contributed by atoms with van der Waals surface area (Å²) in [6.07, 6.45) is 0. The van der Waals surface area contributed by atoms with Crippen LogP contribution in [-0.2, 0) is 10.0 Å². The van der Waals surface area contributed by atoms with Gasteiger partial charge in [-0.05, 0) is 0 Å². The Morgan fingerprint density at radius 3 is 1.50 bits per heavy atom. The van der Waals surface area contributed by atoms with Crippen molar-refractivity contribution in [1.29, 1.82) is 0 Å². The second-order valence-corrected chi connectivity index (χ2v) is 2.38. The second-order valence-electron chi connectivity index (χ2n) is 0.850. The molecule has 0 aliphatic rings. The number of rotatable bonds is 1. The third kappa shape index (κ3) is 5.54. The van der Waals surface area contributed by atoms with Crippen LogP contribution in [0.4, 0.5) is 8.78 Å². The van der Waals surface area contributed by atoms with Crippen LogP contribution in [0, 0.1) is 0 Å². The predicted molar refractivity (Wildman–Crippen MR) is 26.3 cm³/mol. The topological polar surface area (TPSA) is 60.2 Å². The van der Waals surface area contributed by atoms with E-state index in [1.54, 1.807) is 0 Å². The standard InChI is InChI=1S/CH3F2NO2S.K.H/c2-1(3)7(4,5)6;;/h1H,(H2,4,5,6);;. The summed E-state index contributed by atoms with van der Waals surface area (Å²) in [5, 5.41) is 3.90. The van der Waals surface area contributed by atoms with Crippen LogP contribution >= 0.6 is 0 Å². The zero-order chi connectivity index (χ0) is 6.08. The van der Waals surface area contributed by atoms with E-state index >= 15 is 0 Å². The van der Waals surface area contributed by atoms with Crippen LogP contribution in [0.2, 0.25) is 0 Å². The molecule has 0 heterocycles. The van der Waals surface area contributed by atoms with E-state index in [0.717, 1.165) is 0 Å². The zero-order valence-electron chi connectivity index (χ0n) is 3.14. The maximum atomic E-state index is 10.8. The molecule has 0 amide bonds. The first-order valence-electron chi connectivity index (χ1n) is 1.24. The molecule has 7 heteroatoms. The number of primary sulfonamides is 1. The first-order valence-corrected chi connectivity index (χ1v) is 2.85. The molecular weight excluding hydrogens is 167 g/mol. The zero-order valence-corrected chi connectivity index (χ0v) is 3.95. The molecule has 2 N–H and O–H groups in total.